The van der Waals surface area contributed by atoms with Crippen LogP contribution >= 0.6 is 23.1 Å². The van der Waals surface area contributed by atoms with Crippen LogP contribution < -0.4 is 5.32 Å². The second-order valence-electron chi connectivity index (χ2n) is 3.64. The van der Waals surface area contributed by atoms with Gasteiger partial charge in [0.05, 0.1) is 0 Å². The molecular formula is C12H13FN2S2. The highest BCUT2D eigenvalue weighted by Gasteiger charge is 2.07. The van der Waals surface area contributed by atoms with Gasteiger partial charge in [0.25, 0.3) is 0 Å². The molecule has 0 saturated carbocycles. The van der Waals surface area contributed by atoms with E-state index in [2.05, 4.69) is 10.3 Å². The minimum atomic E-state index is -0.199. The van der Waals surface area contributed by atoms with Gasteiger partial charge < -0.3 is 5.32 Å². The van der Waals surface area contributed by atoms with E-state index in [9.17, 15) is 4.39 Å². The number of thiazole rings is 1. The molecule has 2 aromatic rings. The number of hydrogen-bond donors (Lipinski definition) is 1. The minimum Gasteiger partial charge on any atom is -0.316 e. The Bertz CT molecular complexity index is 511. The molecule has 2 nitrogen and oxygen atoms in total. The molecule has 0 spiro atoms. The Morgan fingerprint density at radius 3 is 2.94 bits per heavy atom. The second-order valence-corrected chi connectivity index (χ2v) is 5.79. The van der Waals surface area contributed by atoms with Crippen LogP contribution in [0.15, 0.2) is 32.8 Å². The van der Waals surface area contributed by atoms with E-state index in [-0.39, 0.29) is 5.82 Å². The first-order chi connectivity index (χ1) is 8.19. The Morgan fingerprint density at radius 2 is 2.29 bits per heavy atom. The maximum Gasteiger partial charge on any atom is 0.154 e. The summed E-state index contributed by atoms with van der Waals surface area (Å²) in [6.07, 6.45) is 0. The van der Waals surface area contributed by atoms with Gasteiger partial charge >= 0.3 is 0 Å². The van der Waals surface area contributed by atoms with Crippen LogP contribution in [-0.2, 0) is 6.54 Å². The van der Waals surface area contributed by atoms with Gasteiger partial charge in [0.15, 0.2) is 4.34 Å². The normalized spacial score (nSPS) is 10.8. The highest BCUT2D eigenvalue weighted by atomic mass is 32.2. The van der Waals surface area contributed by atoms with E-state index in [1.54, 1.807) is 29.2 Å². The number of nitrogens with zero attached hydrogens (tertiary/aromatic N) is 1. The van der Waals surface area contributed by atoms with Gasteiger partial charge in [0, 0.05) is 22.5 Å². The molecule has 5 heteroatoms. The Hall–Kier alpha value is -0.910. The summed E-state index contributed by atoms with van der Waals surface area (Å²) in [6, 6.07) is 4.87. The fourth-order valence-corrected chi connectivity index (χ4v) is 3.35. The quantitative estimate of drug-likeness (QED) is 0.919. The molecule has 0 unspecified atom stereocenters. The molecule has 0 atom stereocenters. The molecule has 2 rings (SSSR count). The molecule has 0 radical (unpaired) electrons. The van der Waals surface area contributed by atoms with Crippen molar-refractivity contribution in [3.63, 3.8) is 0 Å². The average Bonchev–Trinajstić information content (AvgIpc) is 2.69. The lowest BCUT2D eigenvalue weighted by molar-refractivity contribution is 0.621. The number of aryl methyl sites for hydroxylation is 1. The second kappa shape index (κ2) is 5.62. The molecule has 0 bridgehead atoms. The molecule has 0 amide bonds. The summed E-state index contributed by atoms with van der Waals surface area (Å²) in [7, 11) is 1.85. The Morgan fingerprint density at radius 1 is 1.47 bits per heavy atom. The first-order valence-electron chi connectivity index (χ1n) is 5.22. The van der Waals surface area contributed by atoms with Gasteiger partial charge in [-0.05, 0) is 37.7 Å². The van der Waals surface area contributed by atoms with E-state index in [0.717, 1.165) is 20.5 Å². The Labute approximate surface area is 108 Å². The van der Waals surface area contributed by atoms with Crippen molar-refractivity contribution in [2.75, 3.05) is 7.05 Å². The van der Waals surface area contributed by atoms with E-state index in [0.29, 0.717) is 6.54 Å². The van der Waals surface area contributed by atoms with Crippen molar-refractivity contribution < 1.29 is 4.39 Å². The molecule has 0 aliphatic rings. The lowest BCUT2D eigenvalue weighted by Gasteiger charge is -2.07. The Kier molecular flexibility index (Phi) is 4.15. The maximum absolute atomic E-state index is 13.2. The van der Waals surface area contributed by atoms with Crippen LogP contribution in [0, 0.1) is 12.7 Å². The van der Waals surface area contributed by atoms with Crippen LogP contribution in [0.5, 0.6) is 0 Å². The summed E-state index contributed by atoms with van der Waals surface area (Å²) in [5.74, 6) is -0.199. The lowest BCUT2D eigenvalue weighted by atomic mass is 10.2. The Balaban J connectivity index is 2.25. The predicted octanol–water partition coefficient (Wildman–Crippen LogP) is 3.46. The van der Waals surface area contributed by atoms with Crippen LogP contribution in [-0.4, -0.2) is 12.0 Å². The fourth-order valence-electron chi connectivity index (χ4n) is 1.45. The third-order valence-electron chi connectivity index (χ3n) is 2.18. The summed E-state index contributed by atoms with van der Waals surface area (Å²) in [4.78, 5) is 5.45. The van der Waals surface area contributed by atoms with Crippen LogP contribution in [0.4, 0.5) is 4.39 Å². The number of hydrogen-bond acceptors (Lipinski definition) is 4. The van der Waals surface area contributed by atoms with Crippen molar-refractivity contribution in [3.05, 3.63) is 40.7 Å². The van der Waals surface area contributed by atoms with Gasteiger partial charge in [-0.2, -0.15) is 0 Å². The molecule has 1 heterocycles. The van der Waals surface area contributed by atoms with Crippen molar-refractivity contribution in [3.8, 4) is 0 Å². The zero-order valence-corrected chi connectivity index (χ0v) is 11.3. The van der Waals surface area contributed by atoms with Crippen molar-refractivity contribution >= 4 is 23.1 Å². The standard InChI is InChI=1S/C12H13FN2S2/c1-8-7-16-12(15-8)17-11-4-3-10(13)5-9(11)6-14-2/h3-5,7,14H,6H2,1-2H3. The molecule has 1 aromatic heterocycles. The third-order valence-corrected chi connectivity index (χ3v) is 4.36. The number of benzene rings is 1. The smallest absolute Gasteiger partial charge is 0.154 e. The average molecular weight is 268 g/mol. The van der Waals surface area contributed by atoms with Crippen LogP contribution in [0.25, 0.3) is 0 Å². The lowest BCUT2D eigenvalue weighted by Crippen LogP contribution is -2.06. The maximum atomic E-state index is 13.2. The van der Waals surface area contributed by atoms with Crippen molar-refractivity contribution in [2.24, 2.45) is 0 Å². The zero-order chi connectivity index (χ0) is 12.3. The predicted molar refractivity (Wildman–Crippen MR) is 70.1 cm³/mol. The zero-order valence-electron chi connectivity index (χ0n) is 9.66. The summed E-state index contributed by atoms with van der Waals surface area (Å²) < 4.78 is 14.2. The molecule has 1 aromatic carbocycles. The molecule has 0 aliphatic heterocycles. The molecule has 0 saturated heterocycles. The number of nitrogens with one attached hydrogen (secondary N) is 1. The van der Waals surface area contributed by atoms with E-state index >= 15 is 0 Å². The van der Waals surface area contributed by atoms with Crippen LogP contribution in [0.2, 0.25) is 0 Å². The summed E-state index contributed by atoms with van der Waals surface area (Å²) in [5.41, 5.74) is 1.99. The number of halogens is 1. The van der Waals surface area contributed by atoms with Gasteiger partial charge in [-0.1, -0.05) is 11.8 Å². The topological polar surface area (TPSA) is 24.9 Å². The molecular weight excluding hydrogens is 255 g/mol. The summed E-state index contributed by atoms with van der Waals surface area (Å²) in [5, 5.41) is 5.06. The van der Waals surface area contributed by atoms with Gasteiger partial charge in [-0.15, -0.1) is 11.3 Å². The molecule has 0 aliphatic carbocycles. The first kappa shape index (κ1) is 12.5. The van der Waals surface area contributed by atoms with Crippen LogP contribution in [0.1, 0.15) is 11.3 Å². The molecule has 17 heavy (non-hydrogen) atoms. The van der Waals surface area contributed by atoms with Gasteiger partial charge in [0.1, 0.15) is 5.82 Å². The summed E-state index contributed by atoms with van der Waals surface area (Å²) >= 11 is 3.20. The van der Waals surface area contributed by atoms with E-state index in [1.807, 2.05) is 25.4 Å². The minimum absolute atomic E-state index is 0.199. The van der Waals surface area contributed by atoms with Crippen molar-refractivity contribution in [1.82, 2.24) is 10.3 Å². The van der Waals surface area contributed by atoms with Gasteiger partial charge in [-0.3, -0.25) is 0 Å². The number of aromatic nitrogens is 1. The van der Waals surface area contributed by atoms with E-state index < -0.39 is 0 Å². The fraction of sp³-hybridized carbons (Fsp3) is 0.250. The highest BCUT2D eigenvalue weighted by molar-refractivity contribution is 8.01. The number of rotatable bonds is 4. The van der Waals surface area contributed by atoms with Crippen molar-refractivity contribution in [1.29, 1.82) is 0 Å². The SMILES string of the molecule is CNCc1cc(F)ccc1Sc1nc(C)cs1. The van der Waals surface area contributed by atoms with E-state index in [1.165, 1.54) is 6.07 Å². The largest absolute Gasteiger partial charge is 0.316 e. The molecule has 1 N–H and O–H groups in total. The van der Waals surface area contributed by atoms with Gasteiger partial charge in [-0.25, -0.2) is 9.37 Å². The summed E-state index contributed by atoms with van der Waals surface area (Å²) in [6.45, 7) is 2.63. The molecule has 90 valence electrons. The van der Waals surface area contributed by atoms with E-state index in [4.69, 9.17) is 0 Å². The van der Waals surface area contributed by atoms with Crippen LogP contribution in [0.3, 0.4) is 0 Å². The first-order valence-corrected chi connectivity index (χ1v) is 6.91. The highest BCUT2D eigenvalue weighted by Crippen LogP contribution is 2.32. The molecule has 0 fully saturated rings. The third kappa shape index (κ3) is 3.28. The van der Waals surface area contributed by atoms with Crippen molar-refractivity contribution in [2.45, 2.75) is 22.7 Å². The van der Waals surface area contributed by atoms with Gasteiger partial charge in [0.2, 0.25) is 0 Å². The monoisotopic (exact) mass is 268 g/mol.